The van der Waals surface area contributed by atoms with E-state index in [1.54, 1.807) is 23.3 Å². The van der Waals surface area contributed by atoms with E-state index in [1.165, 1.54) is 0 Å². The first-order chi connectivity index (χ1) is 13.1. The summed E-state index contributed by atoms with van der Waals surface area (Å²) in [5.74, 6) is -0.327. The van der Waals surface area contributed by atoms with Gasteiger partial charge in [0.2, 0.25) is 0 Å². The van der Waals surface area contributed by atoms with Crippen LogP contribution in [-0.4, -0.2) is 35.7 Å². The molecular weight excluding hydrogens is 342 g/mol. The van der Waals surface area contributed by atoms with Gasteiger partial charge in [0.05, 0.1) is 30.8 Å². The van der Waals surface area contributed by atoms with Crippen LogP contribution >= 0.6 is 0 Å². The molecule has 0 fully saturated rings. The number of carbonyl (C=O) groups is 1. The molecule has 0 saturated heterocycles. The molecule has 0 aliphatic heterocycles. The zero-order valence-corrected chi connectivity index (χ0v) is 15.1. The lowest BCUT2D eigenvalue weighted by Gasteiger charge is -2.07. The van der Waals surface area contributed by atoms with Crippen molar-refractivity contribution in [1.29, 1.82) is 0 Å². The molecular formula is C19H19N7O. The fourth-order valence-electron chi connectivity index (χ4n) is 2.83. The Hall–Kier alpha value is -3.55. The lowest BCUT2D eigenvalue weighted by atomic mass is 10.2. The quantitative estimate of drug-likeness (QED) is 0.590. The highest BCUT2D eigenvalue weighted by atomic mass is 16.2. The van der Waals surface area contributed by atoms with Crippen LogP contribution < -0.4 is 5.32 Å². The van der Waals surface area contributed by atoms with Crippen LogP contribution in [0.25, 0.3) is 11.0 Å². The summed E-state index contributed by atoms with van der Waals surface area (Å²) in [6, 6.07) is 11.9. The molecule has 1 amide bonds. The van der Waals surface area contributed by atoms with Crippen LogP contribution in [0.15, 0.2) is 55.0 Å². The maximum absolute atomic E-state index is 12.5. The van der Waals surface area contributed by atoms with Crippen LogP contribution in [0.2, 0.25) is 0 Å². The van der Waals surface area contributed by atoms with Crippen molar-refractivity contribution in [2.24, 2.45) is 0 Å². The molecule has 1 aromatic carbocycles. The van der Waals surface area contributed by atoms with Crippen LogP contribution in [-0.2, 0) is 6.54 Å². The SMILES string of the molecule is CC(C)n1ncc2cc(NC(=O)c3cn(Cc4ccccc4)nn3)cnc21. The van der Waals surface area contributed by atoms with Gasteiger partial charge >= 0.3 is 0 Å². The van der Waals surface area contributed by atoms with Gasteiger partial charge in [0.25, 0.3) is 5.91 Å². The molecule has 136 valence electrons. The second kappa shape index (κ2) is 6.99. The van der Waals surface area contributed by atoms with E-state index in [9.17, 15) is 4.79 Å². The molecule has 0 spiro atoms. The standard InChI is InChI=1S/C19H19N7O/c1-13(2)26-18-15(9-21-26)8-16(10-20-18)22-19(27)17-12-25(24-23-17)11-14-6-4-3-5-7-14/h3-10,12-13H,11H2,1-2H3,(H,22,27). The Morgan fingerprint density at radius 3 is 2.78 bits per heavy atom. The Labute approximate surface area is 155 Å². The molecule has 4 rings (SSSR count). The summed E-state index contributed by atoms with van der Waals surface area (Å²) in [7, 11) is 0. The van der Waals surface area contributed by atoms with Crippen molar-refractivity contribution in [2.75, 3.05) is 5.32 Å². The summed E-state index contributed by atoms with van der Waals surface area (Å²) >= 11 is 0. The second-order valence-corrected chi connectivity index (χ2v) is 6.56. The van der Waals surface area contributed by atoms with Gasteiger partial charge in [-0.25, -0.2) is 14.3 Å². The highest BCUT2D eigenvalue weighted by Gasteiger charge is 2.13. The van der Waals surface area contributed by atoms with E-state index in [4.69, 9.17) is 0 Å². The van der Waals surface area contributed by atoms with Crippen LogP contribution in [0.4, 0.5) is 5.69 Å². The number of amides is 1. The van der Waals surface area contributed by atoms with Gasteiger partial charge in [0.1, 0.15) is 0 Å². The third-order valence-corrected chi connectivity index (χ3v) is 4.14. The van der Waals surface area contributed by atoms with Crippen molar-refractivity contribution in [3.05, 3.63) is 66.2 Å². The van der Waals surface area contributed by atoms with Gasteiger partial charge < -0.3 is 5.32 Å². The molecule has 8 nitrogen and oxygen atoms in total. The Morgan fingerprint density at radius 2 is 2.00 bits per heavy atom. The molecule has 0 saturated carbocycles. The van der Waals surface area contributed by atoms with E-state index in [1.807, 2.05) is 54.9 Å². The Morgan fingerprint density at radius 1 is 1.19 bits per heavy atom. The molecule has 0 radical (unpaired) electrons. The molecule has 3 heterocycles. The maximum atomic E-state index is 12.5. The van der Waals surface area contributed by atoms with Crippen molar-refractivity contribution in [1.82, 2.24) is 29.8 Å². The normalized spacial score (nSPS) is 11.2. The smallest absolute Gasteiger partial charge is 0.277 e. The average molecular weight is 361 g/mol. The van der Waals surface area contributed by atoms with E-state index in [0.717, 1.165) is 16.6 Å². The first-order valence-electron chi connectivity index (χ1n) is 8.69. The van der Waals surface area contributed by atoms with Gasteiger partial charge in [-0.05, 0) is 25.5 Å². The highest BCUT2D eigenvalue weighted by Crippen LogP contribution is 2.19. The van der Waals surface area contributed by atoms with Gasteiger partial charge in [-0.2, -0.15) is 5.10 Å². The molecule has 4 aromatic rings. The number of aromatic nitrogens is 6. The predicted molar refractivity (Wildman–Crippen MR) is 101 cm³/mol. The molecule has 0 aliphatic carbocycles. The number of carbonyl (C=O) groups excluding carboxylic acids is 1. The first kappa shape index (κ1) is 16.9. The number of pyridine rings is 1. The number of rotatable bonds is 5. The summed E-state index contributed by atoms with van der Waals surface area (Å²) in [5, 5.41) is 16.0. The molecule has 0 aliphatic rings. The zero-order chi connectivity index (χ0) is 18.8. The Balaban J connectivity index is 1.48. The third kappa shape index (κ3) is 3.55. The van der Waals surface area contributed by atoms with Crippen molar-refractivity contribution in [2.45, 2.75) is 26.4 Å². The fraction of sp³-hybridized carbons (Fsp3) is 0.211. The number of hydrogen-bond acceptors (Lipinski definition) is 5. The van der Waals surface area contributed by atoms with Crippen molar-refractivity contribution in [3.8, 4) is 0 Å². The third-order valence-electron chi connectivity index (χ3n) is 4.14. The van der Waals surface area contributed by atoms with Gasteiger partial charge in [-0.1, -0.05) is 35.5 Å². The summed E-state index contributed by atoms with van der Waals surface area (Å²) in [4.78, 5) is 16.9. The van der Waals surface area contributed by atoms with Gasteiger partial charge in [0.15, 0.2) is 11.3 Å². The minimum atomic E-state index is -0.327. The van der Waals surface area contributed by atoms with Crippen molar-refractivity contribution >= 4 is 22.6 Å². The van der Waals surface area contributed by atoms with Crippen molar-refractivity contribution in [3.63, 3.8) is 0 Å². The number of anilines is 1. The van der Waals surface area contributed by atoms with Crippen LogP contribution in [0.3, 0.4) is 0 Å². The topological polar surface area (TPSA) is 90.5 Å². The van der Waals surface area contributed by atoms with E-state index >= 15 is 0 Å². The minimum Gasteiger partial charge on any atom is -0.319 e. The van der Waals surface area contributed by atoms with Crippen LogP contribution in [0.5, 0.6) is 0 Å². The fourth-order valence-corrected chi connectivity index (χ4v) is 2.83. The number of fused-ring (bicyclic) bond motifs is 1. The van der Waals surface area contributed by atoms with E-state index < -0.39 is 0 Å². The molecule has 0 atom stereocenters. The highest BCUT2D eigenvalue weighted by molar-refractivity contribution is 6.03. The molecule has 0 bridgehead atoms. The molecule has 0 unspecified atom stereocenters. The summed E-state index contributed by atoms with van der Waals surface area (Å²) in [6.45, 7) is 4.65. The largest absolute Gasteiger partial charge is 0.319 e. The number of hydrogen-bond donors (Lipinski definition) is 1. The zero-order valence-electron chi connectivity index (χ0n) is 15.1. The monoisotopic (exact) mass is 361 g/mol. The van der Waals surface area contributed by atoms with E-state index in [2.05, 4.69) is 25.7 Å². The summed E-state index contributed by atoms with van der Waals surface area (Å²) in [6.07, 6.45) is 4.99. The van der Waals surface area contributed by atoms with Crippen molar-refractivity contribution < 1.29 is 4.79 Å². The van der Waals surface area contributed by atoms with Gasteiger partial charge in [-0.15, -0.1) is 5.10 Å². The minimum absolute atomic E-state index is 0.218. The predicted octanol–water partition coefficient (Wildman–Crippen LogP) is 2.90. The molecule has 3 aromatic heterocycles. The van der Waals surface area contributed by atoms with Gasteiger partial charge in [0, 0.05) is 11.4 Å². The summed E-state index contributed by atoms with van der Waals surface area (Å²) in [5.41, 5.74) is 2.72. The first-order valence-corrected chi connectivity index (χ1v) is 8.69. The van der Waals surface area contributed by atoms with Crippen LogP contribution in [0, 0.1) is 0 Å². The lowest BCUT2D eigenvalue weighted by molar-refractivity contribution is 0.102. The molecule has 8 heteroatoms. The second-order valence-electron chi connectivity index (χ2n) is 6.56. The average Bonchev–Trinajstić information content (AvgIpc) is 3.29. The van der Waals surface area contributed by atoms with Crippen LogP contribution in [0.1, 0.15) is 35.9 Å². The number of nitrogens with one attached hydrogen (secondary N) is 1. The number of benzene rings is 1. The summed E-state index contributed by atoms with van der Waals surface area (Å²) < 4.78 is 3.48. The molecule has 1 N–H and O–H groups in total. The Bertz CT molecular complexity index is 1080. The Kier molecular flexibility index (Phi) is 4.37. The van der Waals surface area contributed by atoms with Gasteiger partial charge in [-0.3, -0.25) is 4.79 Å². The number of nitrogens with zero attached hydrogens (tertiary/aromatic N) is 6. The molecule has 27 heavy (non-hydrogen) atoms. The maximum Gasteiger partial charge on any atom is 0.277 e. The van der Waals surface area contributed by atoms with E-state index in [0.29, 0.717) is 12.2 Å². The lowest BCUT2D eigenvalue weighted by Crippen LogP contribution is -2.12. The van der Waals surface area contributed by atoms with E-state index in [-0.39, 0.29) is 17.6 Å².